The van der Waals surface area contributed by atoms with E-state index < -0.39 is 0 Å². The Balaban J connectivity index is 3.38. The highest BCUT2D eigenvalue weighted by atomic mass is 16.5. The van der Waals surface area contributed by atoms with Crippen molar-refractivity contribution >= 4 is 0 Å². The van der Waals surface area contributed by atoms with Crippen molar-refractivity contribution in [3.63, 3.8) is 0 Å². The maximum absolute atomic E-state index is 5.20. The molecule has 0 spiro atoms. The van der Waals surface area contributed by atoms with Crippen LogP contribution in [0.25, 0.3) is 0 Å². The topological polar surface area (TPSA) is 35.2 Å². The Hall–Kier alpha value is -0.500. The van der Waals surface area contributed by atoms with Gasteiger partial charge >= 0.3 is 0 Å². The highest BCUT2D eigenvalue weighted by Gasteiger charge is 1.82. The molecule has 0 aromatic heterocycles. The van der Waals surface area contributed by atoms with Gasteiger partial charge in [-0.15, -0.1) is 0 Å². The summed E-state index contributed by atoms with van der Waals surface area (Å²) in [5.74, 6) is 0.833. The van der Waals surface area contributed by atoms with E-state index in [0.717, 1.165) is 5.76 Å². The number of hydrogen-bond donors (Lipinski definition) is 1. The molecule has 0 atom stereocenters. The second-order valence-corrected chi connectivity index (χ2v) is 1.16. The van der Waals surface area contributed by atoms with Crippen LogP contribution in [0, 0.1) is 0 Å². The molecular weight excluding hydrogens is 90.1 g/mol. The van der Waals surface area contributed by atoms with Crippen LogP contribution in [-0.2, 0) is 4.74 Å². The van der Waals surface area contributed by atoms with Gasteiger partial charge in [-0.1, -0.05) is 0 Å². The molecule has 0 aromatic rings. The van der Waals surface area contributed by atoms with Crippen molar-refractivity contribution in [2.45, 2.75) is 6.92 Å². The van der Waals surface area contributed by atoms with E-state index in [0.29, 0.717) is 6.54 Å². The van der Waals surface area contributed by atoms with Gasteiger partial charge in [0.15, 0.2) is 0 Å². The second-order valence-electron chi connectivity index (χ2n) is 1.16. The molecular formula is C5H11NO. The molecule has 2 N–H and O–H groups in total. The van der Waals surface area contributed by atoms with E-state index in [1.165, 1.54) is 0 Å². The predicted molar refractivity (Wildman–Crippen MR) is 29.8 cm³/mol. The van der Waals surface area contributed by atoms with Gasteiger partial charge in [0.05, 0.1) is 13.7 Å². The first-order chi connectivity index (χ1) is 3.35. The highest BCUT2D eigenvalue weighted by Crippen LogP contribution is 1.87. The molecule has 0 bridgehead atoms. The van der Waals surface area contributed by atoms with Crippen LogP contribution in [0.15, 0.2) is 11.8 Å². The van der Waals surface area contributed by atoms with Gasteiger partial charge in [-0.25, -0.2) is 0 Å². The summed E-state index contributed by atoms with van der Waals surface area (Å²) in [6.07, 6.45) is 1.85. The van der Waals surface area contributed by atoms with Gasteiger partial charge in [-0.2, -0.15) is 0 Å². The third-order valence-corrected chi connectivity index (χ3v) is 0.785. The smallest absolute Gasteiger partial charge is 0.105 e. The maximum Gasteiger partial charge on any atom is 0.105 e. The Labute approximate surface area is 44.0 Å². The zero-order chi connectivity index (χ0) is 5.70. The van der Waals surface area contributed by atoms with Gasteiger partial charge in [-0.3, -0.25) is 0 Å². The van der Waals surface area contributed by atoms with Crippen molar-refractivity contribution in [3.8, 4) is 0 Å². The fourth-order valence-corrected chi connectivity index (χ4v) is 0.319. The molecule has 0 fully saturated rings. The van der Waals surface area contributed by atoms with Crippen LogP contribution >= 0.6 is 0 Å². The largest absolute Gasteiger partial charge is 0.500 e. The molecule has 2 nitrogen and oxygen atoms in total. The highest BCUT2D eigenvalue weighted by molar-refractivity contribution is 4.90. The van der Waals surface area contributed by atoms with Crippen molar-refractivity contribution in [3.05, 3.63) is 11.8 Å². The summed E-state index contributed by atoms with van der Waals surface area (Å²) in [5.41, 5.74) is 5.20. The van der Waals surface area contributed by atoms with Crippen LogP contribution in [0.4, 0.5) is 0 Å². The van der Waals surface area contributed by atoms with E-state index in [9.17, 15) is 0 Å². The number of nitrogens with two attached hydrogens (primary N) is 1. The average Bonchev–Trinajstić information content (AvgIpc) is 1.72. The standard InChI is InChI=1S/C5H11NO/c1-3-5(4-6)7-2/h3H,4,6H2,1-2H3/b5-3-. The molecule has 0 heterocycles. The minimum atomic E-state index is 0.493. The molecule has 0 unspecified atom stereocenters. The molecule has 0 radical (unpaired) electrons. The van der Waals surface area contributed by atoms with Crippen LogP contribution in [0.2, 0.25) is 0 Å². The second kappa shape index (κ2) is 3.68. The lowest BCUT2D eigenvalue weighted by molar-refractivity contribution is 0.286. The fourth-order valence-electron chi connectivity index (χ4n) is 0.319. The minimum absolute atomic E-state index is 0.493. The number of allylic oxidation sites excluding steroid dienone is 1. The Bertz CT molecular complexity index is 62.5. The first-order valence-corrected chi connectivity index (χ1v) is 2.24. The van der Waals surface area contributed by atoms with Crippen LogP contribution in [-0.4, -0.2) is 13.7 Å². The zero-order valence-corrected chi connectivity index (χ0v) is 4.77. The fraction of sp³-hybridized carbons (Fsp3) is 0.600. The summed E-state index contributed by atoms with van der Waals surface area (Å²) >= 11 is 0. The summed E-state index contributed by atoms with van der Waals surface area (Å²) < 4.78 is 4.78. The van der Waals surface area contributed by atoms with Crippen molar-refractivity contribution in [2.24, 2.45) is 5.73 Å². The van der Waals surface area contributed by atoms with Crippen molar-refractivity contribution in [2.75, 3.05) is 13.7 Å². The van der Waals surface area contributed by atoms with Gasteiger partial charge in [-0.05, 0) is 13.0 Å². The van der Waals surface area contributed by atoms with Gasteiger partial charge in [0.25, 0.3) is 0 Å². The first-order valence-electron chi connectivity index (χ1n) is 2.24. The molecule has 42 valence electrons. The normalized spacial score (nSPS) is 11.6. The molecule has 0 rings (SSSR count). The van der Waals surface area contributed by atoms with E-state index in [2.05, 4.69) is 0 Å². The van der Waals surface area contributed by atoms with E-state index in [1.54, 1.807) is 7.11 Å². The van der Waals surface area contributed by atoms with Crippen LogP contribution in [0.5, 0.6) is 0 Å². The summed E-state index contributed by atoms with van der Waals surface area (Å²) in [5, 5.41) is 0. The molecule has 0 aromatic carbocycles. The Morgan fingerprint density at radius 1 is 1.86 bits per heavy atom. The molecule has 0 aliphatic rings. The number of ether oxygens (including phenoxy) is 1. The van der Waals surface area contributed by atoms with E-state index >= 15 is 0 Å². The van der Waals surface area contributed by atoms with Crippen molar-refractivity contribution in [1.29, 1.82) is 0 Å². The molecule has 7 heavy (non-hydrogen) atoms. The van der Waals surface area contributed by atoms with Crippen molar-refractivity contribution in [1.82, 2.24) is 0 Å². The van der Waals surface area contributed by atoms with E-state index in [1.807, 2.05) is 13.0 Å². The molecule has 2 heteroatoms. The Morgan fingerprint density at radius 2 is 2.43 bits per heavy atom. The summed E-state index contributed by atoms with van der Waals surface area (Å²) in [7, 11) is 1.61. The lowest BCUT2D eigenvalue weighted by atomic mass is 10.5. The number of rotatable bonds is 2. The first kappa shape index (κ1) is 6.50. The number of methoxy groups -OCH3 is 1. The van der Waals surface area contributed by atoms with E-state index in [4.69, 9.17) is 10.5 Å². The van der Waals surface area contributed by atoms with Crippen LogP contribution in [0.1, 0.15) is 6.92 Å². The minimum Gasteiger partial charge on any atom is -0.500 e. The van der Waals surface area contributed by atoms with Gasteiger partial charge in [0.1, 0.15) is 5.76 Å². The SMILES string of the molecule is C/C=C(/CN)OC. The van der Waals surface area contributed by atoms with Crippen LogP contribution in [0.3, 0.4) is 0 Å². The van der Waals surface area contributed by atoms with Gasteiger partial charge < -0.3 is 10.5 Å². The molecule has 0 aliphatic heterocycles. The van der Waals surface area contributed by atoms with E-state index in [-0.39, 0.29) is 0 Å². The monoisotopic (exact) mass is 101 g/mol. The third kappa shape index (κ3) is 2.23. The zero-order valence-electron chi connectivity index (χ0n) is 4.77. The predicted octanol–water partition coefficient (Wildman–Crippen LogP) is 0.495. The summed E-state index contributed by atoms with van der Waals surface area (Å²) in [6, 6.07) is 0. The lowest BCUT2D eigenvalue weighted by Crippen LogP contribution is -2.03. The molecule has 0 saturated heterocycles. The molecule has 0 saturated carbocycles. The van der Waals surface area contributed by atoms with Crippen LogP contribution < -0.4 is 5.73 Å². The van der Waals surface area contributed by atoms with Gasteiger partial charge in [0.2, 0.25) is 0 Å². The molecule has 0 aliphatic carbocycles. The third-order valence-electron chi connectivity index (χ3n) is 0.785. The Kier molecular flexibility index (Phi) is 3.42. The quantitative estimate of drug-likeness (QED) is 0.514. The number of hydrogen-bond acceptors (Lipinski definition) is 2. The summed E-state index contributed by atoms with van der Waals surface area (Å²) in [6.45, 7) is 2.39. The average molecular weight is 101 g/mol. The lowest BCUT2D eigenvalue weighted by Gasteiger charge is -1.97. The molecule has 0 amide bonds. The van der Waals surface area contributed by atoms with Gasteiger partial charge in [0, 0.05) is 0 Å². The Morgan fingerprint density at radius 3 is 2.43 bits per heavy atom. The maximum atomic E-state index is 5.20. The van der Waals surface area contributed by atoms with Crippen molar-refractivity contribution < 1.29 is 4.74 Å². The summed E-state index contributed by atoms with van der Waals surface area (Å²) in [4.78, 5) is 0.